The Hall–Kier alpha value is -0.830. The van der Waals surface area contributed by atoms with E-state index in [4.69, 9.17) is 5.73 Å². The Morgan fingerprint density at radius 3 is 2.46 bits per heavy atom. The van der Waals surface area contributed by atoms with Gasteiger partial charge in [0.15, 0.2) is 5.96 Å². The number of guanidine groups is 1. The number of amides is 1. The largest absolute Gasteiger partial charge is 0.370 e. The topological polar surface area (TPSA) is 74.0 Å². The quantitative estimate of drug-likeness (QED) is 0.279. The molecule has 7 heteroatoms. The van der Waals surface area contributed by atoms with E-state index in [0.717, 1.165) is 57.7 Å². The minimum absolute atomic E-state index is 0. The second kappa shape index (κ2) is 10.9. The molecule has 2 fully saturated rings. The molecule has 1 saturated heterocycles. The van der Waals surface area contributed by atoms with Crippen molar-refractivity contribution in [3.05, 3.63) is 12.2 Å². The molecule has 0 spiro atoms. The van der Waals surface area contributed by atoms with Crippen molar-refractivity contribution in [2.24, 2.45) is 16.6 Å². The zero-order chi connectivity index (χ0) is 16.7. The molecule has 0 aromatic carbocycles. The van der Waals surface area contributed by atoms with E-state index < -0.39 is 0 Å². The predicted octanol–water partition coefficient (Wildman–Crippen LogP) is 1.42. The van der Waals surface area contributed by atoms with E-state index in [1.165, 1.54) is 12.8 Å². The summed E-state index contributed by atoms with van der Waals surface area (Å²) in [7, 11) is 0. The van der Waals surface area contributed by atoms with Crippen LogP contribution in [0.2, 0.25) is 0 Å². The number of rotatable bonds is 6. The van der Waals surface area contributed by atoms with Gasteiger partial charge in [0, 0.05) is 45.2 Å². The van der Waals surface area contributed by atoms with Crippen LogP contribution in [0.1, 0.15) is 32.6 Å². The molecule has 1 aliphatic carbocycles. The highest BCUT2D eigenvalue weighted by molar-refractivity contribution is 14.0. The SMILES string of the molecule is C=C(C)CN=C(N)NCCN1CCN(C(=O)C2CCCC2)CC1.I. The van der Waals surface area contributed by atoms with Gasteiger partial charge in [0.2, 0.25) is 5.91 Å². The highest BCUT2D eigenvalue weighted by Gasteiger charge is 2.29. The number of nitrogens with zero attached hydrogens (tertiary/aromatic N) is 3. The molecule has 1 saturated carbocycles. The molecular formula is C17H32IN5O. The zero-order valence-corrected chi connectivity index (χ0v) is 17.1. The minimum Gasteiger partial charge on any atom is -0.370 e. The molecule has 138 valence electrons. The molecular weight excluding hydrogens is 417 g/mol. The first-order valence-electron chi connectivity index (χ1n) is 8.75. The van der Waals surface area contributed by atoms with Crippen molar-refractivity contribution in [3.8, 4) is 0 Å². The molecule has 3 N–H and O–H groups in total. The van der Waals surface area contributed by atoms with E-state index in [1.54, 1.807) is 0 Å². The van der Waals surface area contributed by atoms with Crippen LogP contribution in [-0.4, -0.2) is 67.5 Å². The lowest BCUT2D eigenvalue weighted by Crippen LogP contribution is -2.51. The maximum absolute atomic E-state index is 12.4. The van der Waals surface area contributed by atoms with Gasteiger partial charge in [-0.05, 0) is 19.8 Å². The van der Waals surface area contributed by atoms with Gasteiger partial charge in [-0.25, -0.2) is 4.99 Å². The molecule has 2 rings (SSSR count). The monoisotopic (exact) mass is 449 g/mol. The number of nitrogens with one attached hydrogen (secondary N) is 1. The molecule has 1 heterocycles. The van der Waals surface area contributed by atoms with Gasteiger partial charge in [0.05, 0.1) is 6.54 Å². The smallest absolute Gasteiger partial charge is 0.225 e. The lowest BCUT2D eigenvalue weighted by Gasteiger charge is -2.36. The third-order valence-corrected chi connectivity index (χ3v) is 4.64. The highest BCUT2D eigenvalue weighted by atomic mass is 127. The normalized spacial score (nSPS) is 19.9. The van der Waals surface area contributed by atoms with E-state index in [9.17, 15) is 4.79 Å². The fraction of sp³-hybridized carbons (Fsp3) is 0.765. The summed E-state index contributed by atoms with van der Waals surface area (Å²) >= 11 is 0. The van der Waals surface area contributed by atoms with Crippen LogP contribution in [0.3, 0.4) is 0 Å². The first-order valence-corrected chi connectivity index (χ1v) is 8.75. The first kappa shape index (κ1) is 21.2. The third kappa shape index (κ3) is 6.96. The Balaban J connectivity index is 0.00000288. The number of carbonyl (C=O) groups excluding carboxylic acids is 1. The number of halogens is 1. The van der Waals surface area contributed by atoms with E-state index in [0.29, 0.717) is 24.3 Å². The van der Waals surface area contributed by atoms with Crippen molar-refractivity contribution in [1.29, 1.82) is 0 Å². The molecule has 1 amide bonds. The van der Waals surface area contributed by atoms with Gasteiger partial charge in [-0.3, -0.25) is 9.69 Å². The number of carbonyl (C=O) groups is 1. The molecule has 0 radical (unpaired) electrons. The molecule has 1 aliphatic heterocycles. The van der Waals surface area contributed by atoms with Crippen molar-refractivity contribution in [2.45, 2.75) is 32.6 Å². The summed E-state index contributed by atoms with van der Waals surface area (Å²) in [5.41, 5.74) is 6.79. The fourth-order valence-electron chi connectivity index (χ4n) is 3.24. The minimum atomic E-state index is 0. The van der Waals surface area contributed by atoms with Gasteiger partial charge in [0.1, 0.15) is 0 Å². The number of hydrogen-bond acceptors (Lipinski definition) is 3. The summed E-state index contributed by atoms with van der Waals surface area (Å²) < 4.78 is 0. The number of aliphatic imine (C=N–C) groups is 1. The van der Waals surface area contributed by atoms with Crippen LogP contribution in [0, 0.1) is 5.92 Å². The lowest BCUT2D eigenvalue weighted by molar-refractivity contribution is -0.137. The molecule has 0 bridgehead atoms. The summed E-state index contributed by atoms with van der Waals surface area (Å²) in [6, 6.07) is 0. The van der Waals surface area contributed by atoms with E-state index in [1.807, 2.05) is 6.92 Å². The van der Waals surface area contributed by atoms with Crippen LogP contribution < -0.4 is 11.1 Å². The standard InChI is InChI=1S/C17H31N5O.HI/c1-14(2)13-20-17(18)19-7-8-21-9-11-22(12-10-21)16(23)15-5-3-4-6-15;/h15H,1,3-13H2,2H3,(H3,18,19,20);1H. The van der Waals surface area contributed by atoms with Crippen molar-refractivity contribution in [2.75, 3.05) is 45.8 Å². The van der Waals surface area contributed by atoms with Crippen LogP contribution in [0.4, 0.5) is 0 Å². The molecule has 24 heavy (non-hydrogen) atoms. The van der Waals surface area contributed by atoms with E-state index >= 15 is 0 Å². The van der Waals surface area contributed by atoms with Crippen LogP contribution in [0.15, 0.2) is 17.1 Å². The average molecular weight is 449 g/mol. The Kier molecular flexibility index (Phi) is 9.65. The number of hydrogen-bond donors (Lipinski definition) is 2. The average Bonchev–Trinajstić information content (AvgIpc) is 3.07. The van der Waals surface area contributed by atoms with Gasteiger partial charge >= 0.3 is 0 Å². The van der Waals surface area contributed by atoms with Crippen LogP contribution in [-0.2, 0) is 4.79 Å². The molecule has 0 unspecified atom stereocenters. The summed E-state index contributed by atoms with van der Waals surface area (Å²) in [5, 5.41) is 3.13. The summed E-state index contributed by atoms with van der Waals surface area (Å²) in [4.78, 5) is 21.0. The Morgan fingerprint density at radius 2 is 1.88 bits per heavy atom. The molecule has 2 aliphatic rings. The summed E-state index contributed by atoms with van der Waals surface area (Å²) in [6.45, 7) is 11.6. The van der Waals surface area contributed by atoms with E-state index in [2.05, 4.69) is 26.7 Å². The molecule has 0 atom stereocenters. The van der Waals surface area contributed by atoms with Gasteiger partial charge < -0.3 is 16.0 Å². The number of piperazine rings is 1. The first-order chi connectivity index (χ1) is 11.1. The van der Waals surface area contributed by atoms with Crippen molar-refractivity contribution in [3.63, 3.8) is 0 Å². The lowest BCUT2D eigenvalue weighted by atomic mass is 10.1. The van der Waals surface area contributed by atoms with Crippen molar-refractivity contribution < 1.29 is 4.79 Å². The van der Waals surface area contributed by atoms with Gasteiger partial charge in [0.25, 0.3) is 0 Å². The second-order valence-electron chi connectivity index (χ2n) is 6.73. The van der Waals surface area contributed by atoms with Crippen LogP contribution >= 0.6 is 24.0 Å². The van der Waals surface area contributed by atoms with Crippen molar-refractivity contribution in [1.82, 2.24) is 15.1 Å². The molecule has 0 aromatic rings. The highest BCUT2D eigenvalue weighted by Crippen LogP contribution is 2.26. The maximum Gasteiger partial charge on any atom is 0.225 e. The fourth-order valence-corrected chi connectivity index (χ4v) is 3.24. The third-order valence-electron chi connectivity index (χ3n) is 4.64. The van der Waals surface area contributed by atoms with Gasteiger partial charge in [-0.1, -0.05) is 25.0 Å². The zero-order valence-electron chi connectivity index (χ0n) is 14.8. The Labute approximate surface area is 162 Å². The maximum atomic E-state index is 12.4. The number of nitrogens with two attached hydrogens (primary N) is 1. The van der Waals surface area contributed by atoms with E-state index in [-0.39, 0.29) is 24.0 Å². The molecule has 0 aromatic heterocycles. The summed E-state index contributed by atoms with van der Waals surface area (Å²) in [6.07, 6.45) is 4.62. The Bertz CT molecular complexity index is 440. The van der Waals surface area contributed by atoms with Crippen LogP contribution in [0.5, 0.6) is 0 Å². The Morgan fingerprint density at radius 1 is 1.25 bits per heavy atom. The predicted molar refractivity (Wildman–Crippen MR) is 110 cm³/mol. The van der Waals surface area contributed by atoms with Crippen molar-refractivity contribution >= 4 is 35.8 Å². The molecule has 6 nitrogen and oxygen atoms in total. The summed E-state index contributed by atoms with van der Waals surface area (Å²) in [5.74, 6) is 1.16. The van der Waals surface area contributed by atoms with Gasteiger partial charge in [-0.15, -0.1) is 24.0 Å². The second-order valence-corrected chi connectivity index (χ2v) is 6.73. The van der Waals surface area contributed by atoms with Gasteiger partial charge in [-0.2, -0.15) is 0 Å². The van der Waals surface area contributed by atoms with Crippen LogP contribution in [0.25, 0.3) is 0 Å².